The average molecular weight is 1290 g/mol. The van der Waals surface area contributed by atoms with Gasteiger partial charge in [-0.3, -0.25) is 9.59 Å². The summed E-state index contributed by atoms with van der Waals surface area (Å²) < 4.78 is 95.4. The second-order valence-corrected chi connectivity index (χ2v) is 24.5. The predicted octanol–water partition coefficient (Wildman–Crippen LogP) is 8.69. The molecule has 0 unspecified atom stereocenters. The number of halogens is 5. The maximum Gasteiger partial charge on any atom is 0.408 e. The van der Waals surface area contributed by atoms with Gasteiger partial charge in [-0.15, -0.1) is 0 Å². The van der Waals surface area contributed by atoms with E-state index in [1.54, 1.807) is 90.1 Å². The molecule has 87 heavy (non-hydrogen) atoms. The third kappa shape index (κ3) is 16.1. The van der Waals surface area contributed by atoms with Crippen LogP contribution in [0.3, 0.4) is 0 Å². The number of carbonyl (C=O) groups excluding carboxylic acids is 5. The molecule has 2 bridgehead atoms. The number of amides is 4. The number of aromatic nitrogens is 4. The van der Waals surface area contributed by atoms with Crippen LogP contribution in [0.25, 0.3) is 22.1 Å². The van der Waals surface area contributed by atoms with Crippen LogP contribution in [0, 0.1) is 10.8 Å². The fourth-order valence-electron chi connectivity index (χ4n) is 10.9. The number of nitrogens with one attached hydrogen (secondary N) is 2. The zero-order valence-electron chi connectivity index (χ0n) is 48.6. The SMILES string of the molecule is C.CC(C)(C)[C@@H]1NC(=O)O[C@@H]2CCC[C@H]2OC/C=C/C(F)(F)c2nc3ccccc3nc2O[C@@H]2C[C@@H](C(=O)O)N(C2)C1=O.COC(=O)[C@@H]1C[C@@H](Oc2nc3ccccc3nc2C(F)(F)/C=C/CBr)CN1C(=O)[C@@H](NC(=O)O[C@@H]1CCC[C@H]1O)C(C)(C)C. The molecule has 2 aromatic heterocycles. The topological polar surface area (TPSA) is 280 Å². The number of likely N-dealkylation sites (tertiary alicyclic amines) is 1. The molecule has 474 valence electrons. The molecule has 9 rings (SSSR count). The number of ether oxygens (including phenoxy) is 6. The standard InChI is InChI=1S/C30H37BrF2N4O7.C29H34F2N4O7.CH4/c1-29(2,3)24(36-28(41)44-22-12-7-11-21(22)38)26(39)37-16-17(15-20(37)27(40)42-4)43-25-23(30(32,33)13-8-14-31)34-18-9-5-6-10-19(18)35-25;1-28(2,3)23-25(36)35-15-16(14-19(35)26(37)38)41-24-22(32-17-8-4-5-9-18(17)33-24)29(30,31)12-7-13-40-20-10-6-11-21(20)42-27(39)34-23;/h5-6,8-10,13,17,20-22,24,38H,7,11-12,14-16H2,1-4H3,(H,36,41);4-5,7-9,12,16,19-21,23H,6,10-11,13-15H2,1-3H3,(H,34,39)(H,37,38);1H4/b13-8+;12-7+;/t17-,20+,21-,22-,24-;16-,19+,20-,21-,23-;/m11./s1. The number of methoxy groups -OCH3 is 1. The van der Waals surface area contributed by atoms with Crippen molar-refractivity contribution in [3.63, 3.8) is 0 Å². The van der Waals surface area contributed by atoms with Gasteiger partial charge in [0.05, 0.1) is 61.1 Å². The molecule has 4 N–H and O–H groups in total. The lowest BCUT2D eigenvalue weighted by Crippen LogP contribution is -2.57. The average Bonchev–Trinajstić information content (AvgIpc) is 2.01. The van der Waals surface area contributed by atoms with Gasteiger partial charge < -0.3 is 59.1 Å². The van der Waals surface area contributed by atoms with E-state index in [2.05, 4.69) is 46.5 Å². The summed E-state index contributed by atoms with van der Waals surface area (Å²) in [6.45, 7) is 9.81. The van der Waals surface area contributed by atoms with Crippen LogP contribution in [-0.4, -0.2) is 169 Å². The fourth-order valence-corrected chi connectivity index (χ4v) is 11.1. The number of fused-ring (bicyclic) bond motifs is 6. The first-order chi connectivity index (χ1) is 40.6. The number of rotatable bonds is 10. The minimum Gasteiger partial charge on any atom is -0.480 e. The molecular formula is C60H75BrF4N8O14. The molecule has 4 amide bonds. The molecule has 2 aliphatic carbocycles. The van der Waals surface area contributed by atoms with Crippen molar-refractivity contribution in [2.45, 2.75) is 173 Å². The first-order valence-electron chi connectivity index (χ1n) is 28.3. The van der Waals surface area contributed by atoms with Gasteiger partial charge >= 0.3 is 36.0 Å². The molecular weight excluding hydrogens is 1210 g/mol. The Bertz CT molecular complexity index is 3220. The molecule has 27 heteroatoms. The van der Waals surface area contributed by atoms with Gasteiger partial charge in [-0.2, -0.15) is 17.6 Å². The highest BCUT2D eigenvalue weighted by Crippen LogP contribution is 2.40. The van der Waals surface area contributed by atoms with Crippen molar-refractivity contribution in [1.29, 1.82) is 0 Å². The summed E-state index contributed by atoms with van der Waals surface area (Å²) in [6, 6.07) is 8.24. The van der Waals surface area contributed by atoms with E-state index in [1.165, 1.54) is 24.2 Å². The number of para-hydroxylation sites is 4. The molecule has 5 heterocycles. The molecule has 4 aromatic rings. The van der Waals surface area contributed by atoms with Gasteiger partial charge in [0, 0.05) is 18.2 Å². The van der Waals surface area contributed by atoms with Crippen LogP contribution in [-0.2, 0) is 50.0 Å². The molecule has 3 aliphatic heterocycles. The van der Waals surface area contributed by atoms with Crippen molar-refractivity contribution < 1.29 is 85.0 Å². The number of allylic oxidation sites excluding steroid dienone is 3. The van der Waals surface area contributed by atoms with E-state index >= 15 is 17.6 Å². The Balaban J connectivity index is 0.000000246. The predicted molar refractivity (Wildman–Crippen MR) is 311 cm³/mol. The van der Waals surface area contributed by atoms with Gasteiger partial charge in [0.25, 0.3) is 0 Å². The zero-order chi connectivity index (χ0) is 62.5. The lowest BCUT2D eigenvalue weighted by molar-refractivity contribution is -0.152. The fraction of sp³-hybridized carbons (Fsp3) is 0.567. The highest BCUT2D eigenvalue weighted by atomic mass is 79.9. The van der Waals surface area contributed by atoms with Crippen molar-refractivity contribution in [1.82, 2.24) is 40.4 Å². The number of hydrogen-bond acceptors (Lipinski definition) is 17. The van der Waals surface area contributed by atoms with Crippen molar-refractivity contribution in [2.75, 3.05) is 32.1 Å². The van der Waals surface area contributed by atoms with E-state index in [0.29, 0.717) is 61.7 Å². The largest absolute Gasteiger partial charge is 0.480 e. The highest BCUT2D eigenvalue weighted by molar-refractivity contribution is 9.09. The normalized spacial score (nSPS) is 25.9. The minimum absolute atomic E-state index is 0. The van der Waals surface area contributed by atoms with E-state index in [0.717, 1.165) is 4.90 Å². The van der Waals surface area contributed by atoms with Crippen LogP contribution >= 0.6 is 15.9 Å². The summed E-state index contributed by atoms with van der Waals surface area (Å²) >= 11 is 3.10. The number of nitrogens with zero attached hydrogens (tertiary/aromatic N) is 6. The number of aliphatic carboxylic acids is 1. The second kappa shape index (κ2) is 27.8. The Hall–Kier alpha value is -7.26. The van der Waals surface area contributed by atoms with Gasteiger partial charge in [0.1, 0.15) is 48.6 Å². The summed E-state index contributed by atoms with van der Waals surface area (Å²) in [7, 11) is 1.17. The summed E-state index contributed by atoms with van der Waals surface area (Å²) in [5.74, 6) is -11.3. The summed E-state index contributed by atoms with van der Waals surface area (Å²) in [5.41, 5.74) is -1.99. The van der Waals surface area contributed by atoms with Crippen molar-refractivity contribution >= 4 is 73.9 Å². The number of carboxylic acids is 1. The van der Waals surface area contributed by atoms with Crippen molar-refractivity contribution in [3.8, 4) is 11.8 Å². The number of aliphatic hydroxyl groups is 1. The van der Waals surface area contributed by atoms with Gasteiger partial charge in [-0.25, -0.2) is 39.1 Å². The lowest BCUT2D eigenvalue weighted by Gasteiger charge is -2.35. The first-order valence-corrected chi connectivity index (χ1v) is 29.4. The summed E-state index contributed by atoms with van der Waals surface area (Å²) in [5, 5.41) is 25.5. The van der Waals surface area contributed by atoms with Crippen molar-refractivity contribution in [2.24, 2.45) is 10.8 Å². The summed E-state index contributed by atoms with van der Waals surface area (Å²) in [6.07, 6.45) is 0.718. The van der Waals surface area contributed by atoms with Crippen LogP contribution in [0.1, 0.15) is 112 Å². The van der Waals surface area contributed by atoms with Gasteiger partial charge in [0.15, 0.2) is 11.4 Å². The van der Waals surface area contributed by atoms with Gasteiger partial charge in [-0.1, -0.05) is 101 Å². The molecule has 0 radical (unpaired) electrons. The quantitative estimate of drug-likeness (QED) is 0.0380. The minimum atomic E-state index is -3.62. The van der Waals surface area contributed by atoms with Gasteiger partial charge in [0.2, 0.25) is 23.6 Å². The van der Waals surface area contributed by atoms with Crippen LogP contribution < -0.4 is 20.1 Å². The maximum absolute atomic E-state index is 15.6. The lowest BCUT2D eigenvalue weighted by atomic mass is 9.85. The Morgan fingerprint density at radius 1 is 0.874 bits per heavy atom. The maximum atomic E-state index is 15.6. The molecule has 4 fully saturated rings. The number of carbonyl (C=O) groups is 6. The Kier molecular flexibility index (Phi) is 21.5. The molecule has 5 aliphatic rings. The number of aliphatic hydroxyl groups excluding tert-OH is 1. The monoisotopic (exact) mass is 1290 g/mol. The Morgan fingerprint density at radius 3 is 2.11 bits per heavy atom. The second-order valence-electron chi connectivity index (χ2n) is 23.8. The Labute approximate surface area is 509 Å². The van der Waals surface area contributed by atoms with Crippen molar-refractivity contribution in [3.05, 3.63) is 84.2 Å². The number of alkyl carbamates (subject to hydrolysis) is 2. The third-order valence-electron chi connectivity index (χ3n) is 15.3. The highest BCUT2D eigenvalue weighted by Gasteiger charge is 2.50. The molecule has 2 saturated heterocycles. The van der Waals surface area contributed by atoms with E-state index in [9.17, 15) is 39.0 Å². The molecule has 10 atom stereocenters. The van der Waals surface area contributed by atoms with Crippen LogP contribution in [0.4, 0.5) is 27.2 Å². The van der Waals surface area contributed by atoms with Crippen LogP contribution in [0.15, 0.2) is 72.8 Å². The van der Waals surface area contributed by atoms with Gasteiger partial charge in [-0.05, 0) is 85.8 Å². The number of alkyl halides is 5. The number of carboxylic acid groups (broad SMARTS) is 1. The number of benzene rings is 2. The molecule has 22 nitrogen and oxygen atoms in total. The Morgan fingerprint density at radius 2 is 1.51 bits per heavy atom. The summed E-state index contributed by atoms with van der Waals surface area (Å²) in [4.78, 5) is 97.8. The van der Waals surface area contributed by atoms with Crippen LogP contribution in [0.5, 0.6) is 11.8 Å². The van der Waals surface area contributed by atoms with E-state index in [1.807, 2.05) is 0 Å². The van der Waals surface area contributed by atoms with E-state index in [4.69, 9.17) is 28.4 Å². The molecule has 2 saturated carbocycles. The molecule has 0 spiro atoms. The number of esters is 1. The number of hydrogen-bond donors (Lipinski definition) is 4. The van der Waals surface area contributed by atoms with Crippen LogP contribution in [0.2, 0.25) is 0 Å². The van der Waals surface area contributed by atoms with E-state index in [-0.39, 0.29) is 56.3 Å². The smallest absolute Gasteiger partial charge is 0.408 e. The third-order valence-corrected chi connectivity index (χ3v) is 15.7. The first kappa shape index (κ1) is 67.3. The van der Waals surface area contributed by atoms with E-state index < -0.39 is 143 Å². The molecule has 2 aromatic carbocycles. The zero-order valence-corrected chi connectivity index (χ0v) is 50.1.